The Morgan fingerprint density at radius 1 is 1.11 bits per heavy atom. The number of aliphatic carboxylic acids is 1. The number of amides is 1. The van der Waals surface area contributed by atoms with Crippen molar-refractivity contribution in [1.82, 2.24) is 10.3 Å². The number of hydrogen-bond donors (Lipinski definition) is 2. The molecule has 7 heteroatoms. The lowest BCUT2D eigenvalue weighted by Gasteiger charge is -2.14. The van der Waals surface area contributed by atoms with Gasteiger partial charge in [0.1, 0.15) is 5.76 Å². The second kappa shape index (κ2) is 8.77. The van der Waals surface area contributed by atoms with Gasteiger partial charge in [0, 0.05) is 18.0 Å². The summed E-state index contributed by atoms with van der Waals surface area (Å²) in [6.07, 6.45) is 3.24. The predicted octanol–water partition coefficient (Wildman–Crippen LogP) is 2.74. The maximum atomic E-state index is 12.3. The Balaban J connectivity index is 1.58. The number of carbonyl (C=O) groups is 2. The highest BCUT2D eigenvalue weighted by Crippen LogP contribution is 2.21. The minimum Gasteiger partial charge on any atom is -0.480 e. The maximum Gasteiger partial charge on any atom is 0.328 e. The van der Waals surface area contributed by atoms with Crippen LogP contribution in [0.4, 0.5) is 0 Å². The number of pyridine rings is 1. The molecule has 1 amide bonds. The summed E-state index contributed by atoms with van der Waals surface area (Å²) in [4.78, 5) is 27.7. The lowest BCUT2D eigenvalue weighted by molar-refractivity contribution is -0.141. The van der Waals surface area contributed by atoms with E-state index in [0.29, 0.717) is 5.76 Å². The van der Waals surface area contributed by atoms with Crippen molar-refractivity contribution in [2.75, 3.05) is 6.61 Å². The molecule has 0 aliphatic carbocycles. The molecule has 0 aliphatic rings. The summed E-state index contributed by atoms with van der Waals surface area (Å²) in [5.74, 6) is -1.32. The van der Waals surface area contributed by atoms with Gasteiger partial charge in [0.15, 0.2) is 11.8 Å². The topological polar surface area (TPSA) is 102 Å². The molecule has 1 atom stereocenters. The summed E-state index contributed by atoms with van der Waals surface area (Å²) in [5, 5.41) is 11.7. The average Bonchev–Trinajstić information content (AvgIpc) is 3.19. The Morgan fingerprint density at radius 2 is 1.93 bits per heavy atom. The number of carbonyl (C=O) groups excluding carboxylic acids is 1. The summed E-state index contributed by atoms with van der Waals surface area (Å²) in [6, 6.07) is 14.8. The summed E-state index contributed by atoms with van der Waals surface area (Å²) in [7, 11) is 0. The van der Waals surface area contributed by atoms with Crippen LogP contribution in [0.5, 0.6) is 0 Å². The van der Waals surface area contributed by atoms with Gasteiger partial charge in [0.25, 0.3) is 5.91 Å². The number of ether oxygens (including phenoxy) is 1. The Bertz CT molecular complexity index is 893. The Labute approximate surface area is 155 Å². The van der Waals surface area contributed by atoms with Crippen LogP contribution < -0.4 is 5.32 Å². The number of carboxylic acids is 1. The van der Waals surface area contributed by atoms with E-state index >= 15 is 0 Å². The Kier molecular flexibility index (Phi) is 5.96. The fraction of sp³-hybridized carbons (Fsp3) is 0.150. The van der Waals surface area contributed by atoms with Gasteiger partial charge in [-0.05, 0) is 29.8 Å². The van der Waals surface area contributed by atoms with E-state index in [4.69, 9.17) is 9.15 Å². The summed E-state index contributed by atoms with van der Waals surface area (Å²) in [5.41, 5.74) is 1.64. The highest BCUT2D eigenvalue weighted by atomic mass is 16.5. The van der Waals surface area contributed by atoms with E-state index in [0.717, 1.165) is 11.1 Å². The quantitative estimate of drug-likeness (QED) is 0.636. The first kappa shape index (κ1) is 18.3. The number of aromatic nitrogens is 1. The van der Waals surface area contributed by atoms with E-state index in [9.17, 15) is 14.7 Å². The molecule has 3 aromatic rings. The van der Waals surface area contributed by atoms with Gasteiger partial charge in [-0.1, -0.05) is 30.3 Å². The lowest BCUT2D eigenvalue weighted by atomic mass is 10.2. The van der Waals surface area contributed by atoms with Crippen LogP contribution in [-0.2, 0) is 16.1 Å². The van der Waals surface area contributed by atoms with Crippen LogP contribution >= 0.6 is 0 Å². The standard InChI is InChI=1S/C20H18N2O5/c23-19(18-9-8-17(27-18)15-7-4-10-21-11-15)22-16(20(24)25)13-26-12-14-5-2-1-3-6-14/h1-11,16H,12-13H2,(H,22,23)(H,24,25). The normalized spacial score (nSPS) is 11.7. The fourth-order valence-corrected chi connectivity index (χ4v) is 2.40. The molecule has 1 aromatic carbocycles. The number of nitrogens with one attached hydrogen (secondary N) is 1. The van der Waals surface area contributed by atoms with Crippen LogP contribution in [0.1, 0.15) is 16.1 Å². The molecule has 0 saturated carbocycles. The first-order valence-corrected chi connectivity index (χ1v) is 8.29. The third-order valence-electron chi connectivity index (χ3n) is 3.78. The van der Waals surface area contributed by atoms with Crippen LogP contribution in [0.15, 0.2) is 71.4 Å². The van der Waals surface area contributed by atoms with Crippen molar-refractivity contribution in [1.29, 1.82) is 0 Å². The average molecular weight is 366 g/mol. The first-order chi connectivity index (χ1) is 13.1. The van der Waals surface area contributed by atoms with Crippen LogP contribution in [0, 0.1) is 0 Å². The molecular formula is C20H18N2O5. The van der Waals surface area contributed by atoms with Crippen molar-refractivity contribution >= 4 is 11.9 Å². The van der Waals surface area contributed by atoms with Gasteiger partial charge in [-0.2, -0.15) is 0 Å². The molecule has 27 heavy (non-hydrogen) atoms. The number of nitrogens with zero attached hydrogens (tertiary/aromatic N) is 1. The van der Waals surface area contributed by atoms with E-state index in [1.54, 1.807) is 30.6 Å². The number of hydrogen-bond acceptors (Lipinski definition) is 5. The number of furan rings is 1. The van der Waals surface area contributed by atoms with Crippen LogP contribution in [-0.4, -0.2) is 34.6 Å². The zero-order valence-electron chi connectivity index (χ0n) is 14.4. The largest absolute Gasteiger partial charge is 0.480 e. The van der Waals surface area contributed by atoms with Crippen molar-refractivity contribution < 1.29 is 23.8 Å². The minimum atomic E-state index is -1.19. The molecule has 0 spiro atoms. The SMILES string of the molecule is O=C(NC(COCc1ccccc1)C(=O)O)c1ccc(-c2cccnc2)o1. The van der Waals surface area contributed by atoms with Gasteiger partial charge in [-0.3, -0.25) is 9.78 Å². The Morgan fingerprint density at radius 3 is 2.63 bits per heavy atom. The van der Waals surface area contributed by atoms with Crippen molar-refractivity contribution in [2.24, 2.45) is 0 Å². The van der Waals surface area contributed by atoms with Gasteiger partial charge >= 0.3 is 5.97 Å². The van der Waals surface area contributed by atoms with Crippen LogP contribution in [0.25, 0.3) is 11.3 Å². The molecule has 0 radical (unpaired) electrons. The summed E-state index contributed by atoms with van der Waals surface area (Å²) >= 11 is 0. The molecule has 2 heterocycles. The molecule has 3 rings (SSSR count). The lowest BCUT2D eigenvalue weighted by Crippen LogP contribution is -2.43. The molecule has 0 fully saturated rings. The van der Waals surface area contributed by atoms with Crippen molar-refractivity contribution in [3.63, 3.8) is 0 Å². The second-order valence-electron chi connectivity index (χ2n) is 5.77. The molecule has 0 bridgehead atoms. The van der Waals surface area contributed by atoms with Crippen molar-refractivity contribution in [3.8, 4) is 11.3 Å². The highest BCUT2D eigenvalue weighted by Gasteiger charge is 2.23. The molecule has 7 nitrogen and oxygen atoms in total. The van der Waals surface area contributed by atoms with Crippen LogP contribution in [0.3, 0.4) is 0 Å². The molecule has 138 valence electrons. The number of carboxylic acid groups (broad SMARTS) is 1. The van der Waals surface area contributed by atoms with Crippen molar-refractivity contribution in [2.45, 2.75) is 12.6 Å². The van der Waals surface area contributed by atoms with Gasteiger partial charge < -0.3 is 19.6 Å². The molecule has 1 unspecified atom stereocenters. The molecular weight excluding hydrogens is 348 g/mol. The Hall–Kier alpha value is -3.45. The van der Waals surface area contributed by atoms with Gasteiger partial charge in [-0.15, -0.1) is 0 Å². The number of benzene rings is 1. The van der Waals surface area contributed by atoms with E-state index in [2.05, 4.69) is 10.3 Å². The van der Waals surface area contributed by atoms with E-state index in [-0.39, 0.29) is 19.0 Å². The molecule has 0 aliphatic heterocycles. The molecule has 0 saturated heterocycles. The fourth-order valence-electron chi connectivity index (χ4n) is 2.40. The molecule has 2 aromatic heterocycles. The number of rotatable bonds is 8. The van der Waals surface area contributed by atoms with Crippen LogP contribution in [0.2, 0.25) is 0 Å². The summed E-state index contributed by atoms with van der Waals surface area (Å²) < 4.78 is 10.9. The molecule has 2 N–H and O–H groups in total. The maximum absolute atomic E-state index is 12.3. The third kappa shape index (κ3) is 5.02. The van der Waals surface area contributed by atoms with E-state index < -0.39 is 17.9 Å². The monoisotopic (exact) mass is 366 g/mol. The first-order valence-electron chi connectivity index (χ1n) is 8.29. The highest BCUT2D eigenvalue weighted by molar-refractivity contribution is 5.94. The predicted molar refractivity (Wildman–Crippen MR) is 96.9 cm³/mol. The zero-order chi connectivity index (χ0) is 19.1. The van der Waals surface area contributed by atoms with Crippen molar-refractivity contribution in [3.05, 3.63) is 78.3 Å². The zero-order valence-corrected chi connectivity index (χ0v) is 14.4. The van der Waals surface area contributed by atoms with E-state index in [1.165, 1.54) is 6.07 Å². The van der Waals surface area contributed by atoms with Gasteiger partial charge in [-0.25, -0.2) is 4.79 Å². The second-order valence-corrected chi connectivity index (χ2v) is 5.77. The van der Waals surface area contributed by atoms with Gasteiger partial charge in [0.2, 0.25) is 0 Å². The summed E-state index contributed by atoms with van der Waals surface area (Å²) in [6.45, 7) is 0.0958. The smallest absolute Gasteiger partial charge is 0.328 e. The third-order valence-corrected chi connectivity index (χ3v) is 3.78. The van der Waals surface area contributed by atoms with Gasteiger partial charge in [0.05, 0.1) is 13.2 Å². The minimum absolute atomic E-state index is 0.0168. The van der Waals surface area contributed by atoms with E-state index in [1.807, 2.05) is 30.3 Å².